The summed E-state index contributed by atoms with van der Waals surface area (Å²) in [5.41, 5.74) is 1.90. The van der Waals surface area contributed by atoms with E-state index >= 15 is 0 Å². The highest BCUT2D eigenvalue weighted by molar-refractivity contribution is 5.97. The number of nitro groups is 1. The number of nitro benzene ring substituents is 1. The first-order valence-electron chi connectivity index (χ1n) is 6.67. The maximum absolute atomic E-state index is 12.1. The van der Waals surface area contributed by atoms with Gasteiger partial charge in [0, 0.05) is 30.3 Å². The minimum atomic E-state index is -0.382. The maximum Gasteiger partial charge on any atom is 0.269 e. The molecule has 0 aromatic heterocycles. The third-order valence-corrected chi connectivity index (χ3v) is 4.32. The lowest BCUT2D eigenvalue weighted by Gasteiger charge is -2.45. The summed E-state index contributed by atoms with van der Waals surface area (Å²) in [7, 11) is 0. The van der Waals surface area contributed by atoms with E-state index in [2.05, 4.69) is 6.92 Å². The largest absolute Gasteiger partial charge is 0.309 e. The quantitative estimate of drug-likeness (QED) is 0.606. The zero-order valence-electron chi connectivity index (χ0n) is 10.8. The molecule has 1 saturated carbocycles. The van der Waals surface area contributed by atoms with Crippen molar-refractivity contribution in [1.82, 2.24) is 0 Å². The van der Waals surface area contributed by atoms with Gasteiger partial charge in [-0.2, -0.15) is 0 Å². The molecule has 0 N–H and O–H groups in total. The summed E-state index contributed by atoms with van der Waals surface area (Å²) < 4.78 is 0. The molecule has 1 aromatic carbocycles. The Kier molecular flexibility index (Phi) is 2.77. The van der Waals surface area contributed by atoms with Crippen LogP contribution in [-0.4, -0.2) is 16.9 Å². The average Bonchev–Trinajstić information content (AvgIpc) is 2.39. The summed E-state index contributed by atoms with van der Waals surface area (Å²) in [6, 6.07) is 5.11. The molecule has 0 bridgehead atoms. The van der Waals surface area contributed by atoms with Gasteiger partial charge in [0.1, 0.15) is 0 Å². The highest BCUT2D eigenvalue weighted by Gasteiger charge is 2.38. The monoisotopic (exact) mass is 260 g/mol. The number of aryl methyl sites for hydroxylation is 1. The first-order valence-corrected chi connectivity index (χ1v) is 6.67. The summed E-state index contributed by atoms with van der Waals surface area (Å²) in [4.78, 5) is 24.4. The Bertz CT molecular complexity index is 556. The number of amides is 1. The fourth-order valence-electron chi connectivity index (χ4n) is 3.01. The second-order valence-corrected chi connectivity index (χ2v) is 5.46. The zero-order chi connectivity index (χ0) is 13.6. The van der Waals surface area contributed by atoms with Crippen LogP contribution >= 0.6 is 0 Å². The molecule has 1 aliphatic carbocycles. The van der Waals surface area contributed by atoms with Crippen LogP contribution < -0.4 is 4.90 Å². The number of hydrogen-bond acceptors (Lipinski definition) is 3. The van der Waals surface area contributed by atoms with Crippen molar-refractivity contribution in [3.63, 3.8) is 0 Å². The van der Waals surface area contributed by atoms with E-state index in [-0.39, 0.29) is 22.6 Å². The minimum absolute atomic E-state index is 0.106. The molecule has 100 valence electrons. The van der Waals surface area contributed by atoms with Crippen molar-refractivity contribution in [2.45, 2.75) is 38.6 Å². The molecule has 5 nitrogen and oxygen atoms in total. The van der Waals surface area contributed by atoms with Crippen LogP contribution in [-0.2, 0) is 11.2 Å². The zero-order valence-corrected chi connectivity index (χ0v) is 10.8. The Morgan fingerprint density at radius 2 is 2.11 bits per heavy atom. The van der Waals surface area contributed by atoms with Crippen molar-refractivity contribution in [3.05, 3.63) is 33.9 Å². The van der Waals surface area contributed by atoms with Gasteiger partial charge in [-0.3, -0.25) is 14.9 Å². The predicted molar refractivity (Wildman–Crippen MR) is 71.1 cm³/mol. The van der Waals surface area contributed by atoms with E-state index in [4.69, 9.17) is 0 Å². The van der Waals surface area contributed by atoms with Gasteiger partial charge in [0.2, 0.25) is 5.91 Å². The van der Waals surface area contributed by atoms with Crippen molar-refractivity contribution < 1.29 is 9.72 Å². The van der Waals surface area contributed by atoms with Gasteiger partial charge in [-0.25, -0.2) is 0 Å². The van der Waals surface area contributed by atoms with E-state index < -0.39 is 0 Å². The van der Waals surface area contributed by atoms with Gasteiger partial charge in [-0.05, 0) is 36.8 Å². The molecule has 0 saturated heterocycles. The number of nitrogens with zero attached hydrogens (tertiary/aromatic N) is 2. The lowest BCUT2D eigenvalue weighted by Crippen LogP contribution is -2.51. The summed E-state index contributed by atoms with van der Waals surface area (Å²) in [5, 5.41) is 10.8. The summed E-state index contributed by atoms with van der Waals surface area (Å²) in [6.07, 6.45) is 3.24. The van der Waals surface area contributed by atoms with Gasteiger partial charge in [0.05, 0.1) is 4.92 Å². The molecule has 1 amide bonds. The Labute approximate surface area is 111 Å². The number of rotatable bonds is 2. The highest BCUT2D eigenvalue weighted by Crippen LogP contribution is 2.39. The molecule has 2 atom stereocenters. The fourth-order valence-corrected chi connectivity index (χ4v) is 3.01. The lowest BCUT2D eigenvalue weighted by molar-refractivity contribution is -0.384. The van der Waals surface area contributed by atoms with Gasteiger partial charge >= 0.3 is 0 Å². The van der Waals surface area contributed by atoms with Crippen molar-refractivity contribution >= 4 is 17.3 Å². The third kappa shape index (κ3) is 1.89. The molecule has 1 heterocycles. The molecule has 5 heteroatoms. The molecular formula is C14H16N2O3. The van der Waals surface area contributed by atoms with Crippen LogP contribution in [0.3, 0.4) is 0 Å². The van der Waals surface area contributed by atoms with Gasteiger partial charge in [-0.1, -0.05) is 6.92 Å². The van der Waals surface area contributed by atoms with E-state index in [0.717, 1.165) is 24.1 Å². The van der Waals surface area contributed by atoms with E-state index in [1.54, 1.807) is 12.1 Å². The topological polar surface area (TPSA) is 63.5 Å². The van der Waals surface area contributed by atoms with Crippen molar-refractivity contribution in [2.75, 3.05) is 4.90 Å². The molecule has 1 aliphatic heterocycles. The van der Waals surface area contributed by atoms with Gasteiger partial charge in [0.25, 0.3) is 5.69 Å². The molecule has 1 aromatic rings. The SMILES string of the molecule is CC1CCC1N1C(=O)CCc2cc([N+](=O)[O-])ccc21. The molecule has 0 radical (unpaired) electrons. The number of fused-ring (bicyclic) bond motifs is 1. The number of benzene rings is 1. The number of non-ortho nitro benzene ring substituents is 1. The van der Waals surface area contributed by atoms with Crippen LogP contribution in [0.25, 0.3) is 0 Å². The van der Waals surface area contributed by atoms with E-state index in [1.807, 2.05) is 4.90 Å². The number of anilines is 1. The second kappa shape index (κ2) is 4.33. The molecule has 1 fully saturated rings. The smallest absolute Gasteiger partial charge is 0.269 e. The molecule has 2 aliphatic rings. The third-order valence-electron chi connectivity index (χ3n) is 4.32. The number of carbonyl (C=O) groups excluding carboxylic acids is 1. The first-order chi connectivity index (χ1) is 9.08. The minimum Gasteiger partial charge on any atom is -0.309 e. The first kappa shape index (κ1) is 12.1. The Hall–Kier alpha value is -1.91. The fraction of sp³-hybridized carbons (Fsp3) is 0.500. The normalized spacial score (nSPS) is 25.7. The van der Waals surface area contributed by atoms with Gasteiger partial charge in [-0.15, -0.1) is 0 Å². The second-order valence-electron chi connectivity index (χ2n) is 5.46. The summed E-state index contributed by atoms with van der Waals surface area (Å²) in [5.74, 6) is 0.669. The van der Waals surface area contributed by atoms with Gasteiger partial charge < -0.3 is 4.90 Å². The molecule has 2 unspecified atom stereocenters. The summed E-state index contributed by atoms with van der Waals surface area (Å²) >= 11 is 0. The Balaban J connectivity index is 2.00. The molecular weight excluding hydrogens is 244 g/mol. The average molecular weight is 260 g/mol. The lowest BCUT2D eigenvalue weighted by atomic mass is 9.78. The van der Waals surface area contributed by atoms with Crippen LogP contribution in [0.15, 0.2) is 18.2 Å². The Morgan fingerprint density at radius 3 is 2.68 bits per heavy atom. The molecule has 3 rings (SSSR count). The van der Waals surface area contributed by atoms with E-state index in [9.17, 15) is 14.9 Å². The standard InChI is InChI=1S/C14H16N2O3/c1-9-2-5-12(9)15-13-6-4-11(16(18)19)8-10(13)3-7-14(15)17/h4,6,8-9,12H,2-3,5,7H2,1H3. The summed E-state index contributed by atoms with van der Waals surface area (Å²) in [6.45, 7) is 2.15. The van der Waals surface area contributed by atoms with Gasteiger partial charge in [0.15, 0.2) is 0 Å². The maximum atomic E-state index is 12.1. The van der Waals surface area contributed by atoms with E-state index in [1.165, 1.54) is 6.07 Å². The van der Waals surface area contributed by atoms with Crippen molar-refractivity contribution in [1.29, 1.82) is 0 Å². The van der Waals surface area contributed by atoms with Crippen LogP contribution in [0.1, 0.15) is 31.7 Å². The number of carbonyl (C=O) groups is 1. The van der Waals surface area contributed by atoms with E-state index in [0.29, 0.717) is 18.8 Å². The van der Waals surface area contributed by atoms with Crippen LogP contribution in [0.5, 0.6) is 0 Å². The van der Waals surface area contributed by atoms with Crippen LogP contribution in [0, 0.1) is 16.0 Å². The van der Waals surface area contributed by atoms with Crippen LogP contribution in [0.2, 0.25) is 0 Å². The predicted octanol–water partition coefficient (Wildman–Crippen LogP) is 2.67. The Morgan fingerprint density at radius 1 is 1.32 bits per heavy atom. The molecule has 19 heavy (non-hydrogen) atoms. The van der Waals surface area contributed by atoms with Crippen molar-refractivity contribution in [2.24, 2.45) is 5.92 Å². The van der Waals surface area contributed by atoms with Crippen LogP contribution in [0.4, 0.5) is 11.4 Å². The highest BCUT2D eigenvalue weighted by atomic mass is 16.6. The van der Waals surface area contributed by atoms with Crippen molar-refractivity contribution in [3.8, 4) is 0 Å². The molecule has 0 spiro atoms. The number of hydrogen-bond donors (Lipinski definition) is 0.